The highest BCUT2D eigenvalue weighted by molar-refractivity contribution is 9.10. The largest absolute Gasteiger partial charge is 0.497 e. The predicted molar refractivity (Wildman–Crippen MR) is 93.0 cm³/mol. The van der Waals surface area contributed by atoms with Crippen LogP contribution in [0.1, 0.15) is 15.9 Å². The van der Waals surface area contributed by atoms with Crippen molar-refractivity contribution in [1.82, 2.24) is 4.98 Å². The Hall–Kier alpha value is -2.40. The average Bonchev–Trinajstić information content (AvgIpc) is 2.85. The Morgan fingerprint density at radius 1 is 1.13 bits per heavy atom. The summed E-state index contributed by atoms with van der Waals surface area (Å²) in [6, 6.07) is 13.4. The molecule has 4 rings (SSSR count). The van der Waals surface area contributed by atoms with Crippen LogP contribution in [0, 0.1) is 0 Å². The van der Waals surface area contributed by atoms with Crippen LogP contribution in [0.3, 0.4) is 0 Å². The van der Waals surface area contributed by atoms with Crippen molar-refractivity contribution in [3.05, 3.63) is 64.3 Å². The lowest BCUT2D eigenvalue weighted by atomic mass is 10.1. The summed E-state index contributed by atoms with van der Waals surface area (Å²) >= 11 is 3.51. The van der Waals surface area contributed by atoms with Crippen LogP contribution in [0.5, 0.6) is 5.75 Å². The summed E-state index contributed by atoms with van der Waals surface area (Å²) in [7, 11) is 1.64. The first-order valence-electron chi connectivity index (χ1n) is 7.21. The molecule has 4 nitrogen and oxygen atoms in total. The van der Waals surface area contributed by atoms with E-state index in [0.29, 0.717) is 12.1 Å². The van der Waals surface area contributed by atoms with E-state index >= 15 is 0 Å². The molecule has 0 fully saturated rings. The van der Waals surface area contributed by atoms with Crippen LogP contribution >= 0.6 is 15.9 Å². The monoisotopic (exact) mass is 368 g/mol. The number of aromatic nitrogens is 1. The van der Waals surface area contributed by atoms with Crippen molar-refractivity contribution in [3.8, 4) is 5.75 Å². The van der Waals surface area contributed by atoms with Gasteiger partial charge in [0.25, 0.3) is 5.91 Å². The van der Waals surface area contributed by atoms with Crippen LogP contribution in [-0.4, -0.2) is 18.0 Å². The predicted octanol–water partition coefficient (Wildman–Crippen LogP) is 4.17. The second-order valence-corrected chi connectivity index (χ2v) is 6.24. The van der Waals surface area contributed by atoms with E-state index in [1.807, 2.05) is 42.5 Å². The second-order valence-electron chi connectivity index (χ2n) is 5.39. The van der Waals surface area contributed by atoms with Gasteiger partial charge in [0, 0.05) is 16.1 Å². The lowest BCUT2D eigenvalue weighted by molar-refractivity contribution is 0.0991. The minimum atomic E-state index is 0.0151. The number of ether oxygens (including phenoxy) is 1. The first kappa shape index (κ1) is 14.2. The Labute approximate surface area is 141 Å². The third-order valence-corrected chi connectivity index (χ3v) is 4.73. The lowest BCUT2D eigenvalue weighted by Gasteiger charge is -2.17. The van der Waals surface area contributed by atoms with Gasteiger partial charge in [-0.3, -0.25) is 9.78 Å². The van der Waals surface area contributed by atoms with E-state index in [-0.39, 0.29) is 5.91 Å². The Kier molecular flexibility index (Phi) is 3.31. The zero-order valence-corrected chi connectivity index (χ0v) is 14.0. The van der Waals surface area contributed by atoms with Gasteiger partial charge in [-0.2, -0.15) is 0 Å². The number of anilines is 1. The summed E-state index contributed by atoms with van der Waals surface area (Å²) in [5, 5.41) is 0.917. The molecule has 3 aromatic rings. The van der Waals surface area contributed by atoms with Crippen LogP contribution in [0.25, 0.3) is 10.9 Å². The van der Waals surface area contributed by atoms with Gasteiger partial charge in [0.05, 0.1) is 30.4 Å². The van der Waals surface area contributed by atoms with Crippen LogP contribution in [0.4, 0.5) is 5.69 Å². The van der Waals surface area contributed by atoms with Crippen LogP contribution in [-0.2, 0) is 6.54 Å². The highest BCUT2D eigenvalue weighted by atomic mass is 79.9. The molecule has 0 radical (unpaired) electrons. The number of halogens is 1. The molecule has 5 heteroatoms. The van der Waals surface area contributed by atoms with Crippen molar-refractivity contribution in [2.24, 2.45) is 0 Å². The number of carbonyl (C=O) groups is 1. The van der Waals surface area contributed by atoms with Crippen molar-refractivity contribution in [1.29, 1.82) is 0 Å². The summed E-state index contributed by atoms with van der Waals surface area (Å²) in [6.07, 6.45) is 1.74. The highest BCUT2D eigenvalue weighted by Gasteiger charge is 2.30. The first-order chi connectivity index (χ1) is 11.2. The zero-order chi connectivity index (χ0) is 16.0. The minimum Gasteiger partial charge on any atom is -0.497 e. The maximum Gasteiger partial charge on any atom is 0.259 e. The van der Waals surface area contributed by atoms with Gasteiger partial charge in [-0.1, -0.05) is 12.1 Å². The van der Waals surface area contributed by atoms with Crippen molar-refractivity contribution in [2.45, 2.75) is 6.54 Å². The van der Waals surface area contributed by atoms with E-state index in [9.17, 15) is 4.79 Å². The molecule has 114 valence electrons. The molecule has 23 heavy (non-hydrogen) atoms. The van der Waals surface area contributed by atoms with Gasteiger partial charge in [0.1, 0.15) is 5.75 Å². The Morgan fingerprint density at radius 2 is 1.91 bits per heavy atom. The summed E-state index contributed by atoms with van der Waals surface area (Å²) in [4.78, 5) is 19.0. The van der Waals surface area contributed by atoms with Gasteiger partial charge in [-0.25, -0.2) is 0 Å². The van der Waals surface area contributed by atoms with Gasteiger partial charge >= 0.3 is 0 Å². The lowest BCUT2D eigenvalue weighted by Crippen LogP contribution is -2.25. The van der Waals surface area contributed by atoms with Gasteiger partial charge in [-0.15, -0.1) is 0 Å². The SMILES string of the molecule is COc1ccc(CN2C(=O)c3ccc(Br)c4nccc2c34)cc1. The number of methoxy groups -OCH3 is 1. The van der Waals surface area contributed by atoms with Gasteiger partial charge in [0.2, 0.25) is 0 Å². The number of hydrogen-bond acceptors (Lipinski definition) is 3. The Morgan fingerprint density at radius 3 is 2.65 bits per heavy atom. The van der Waals surface area contributed by atoms with Gasteiger partial charge in [0.15, 0.2) is 0 Å². The topological polar surface area (TPSA) is 42.4 Å². The number of amides is 1. The molecule has 1 aliphatic rings. The summed E-state index contributed by atoms with van der Waals surface area (Å²) in [6.45, 7) is 0.522. The molecule has 0 unspecified atom stereocenters. The number of pyridine rings is 1. The maximum absolute atomic E-state index is 12.8. The second kappa shape index (κ2) is 5.35. The first-order valence-corrected chi connectivity index (χ1v) is 8.00. The summed E-state index contributed by atoms with van der Waals surface area (Å²) < 4.78 is 6.08. The van der Waals surface area contributed by atoms with Crippen molar-refractivity contribution < 1.29 is 9.53 Å². The molecule has 2 heterocycles. The van der Waals surface area contributed by atoms with Crippen LogP contribution in [0.15, 0.2) is 53.1 Å². The smallest absolute Gasteiger partial charge is 0.259 e. The molecule has 0 spiro atoms. The molecule has 0 saturated carbocycles. The molecule has 2 aromatic carbocycles. The van der Waals surface area contributed by atoms with Crippen molar-refractivity contribution in [2.75, 3.05) is 12.0 Å². The van der Waals surface area contributed by atoms with E-state index < -0.39 is 0 Å². The zero-order valence-electron chi connectivity index (χ0n) is 12.4. The third-order valence-electron chi connectivity index (χ3n) is 4.09. The maximum atomic E-state index is 12.8. The molecule has 1 aliphatic heterocycles. The molecule has 0 saturated heterocycles. The fraction of sp³-hybridized carbons (Fsp3) is 0.111. The minimum absolute atomic E-state index is 0.0151. The third kappa shape index (κ3) is 2.19. The van der Waals surface area contributed by atoms with Gasteiger partial charge < -0.3 is 9.64 Å². The summed E-state index contributed by atoms with van der Waals surface area (Å²) in [5.74, 6) is 0.821. The van der Waals surface area contributed by atoms with E-state index in [2.05, 4.69) is 20.9 Å². The number of rotatable bonds is 3. The Balaban J connectivity index is 1.77. The fourth-order valence-corrected chi connectivity index (χ4v) is 3.38. The van der Waals surface area contributed by atoms with E-state index in [1.165, 1.54) is 0 Å². The van der Waals surface area contributed by atoms with E-state index in [1.54, 1.807) is 18.2 Å². The number of benzene rings is 2. The summed E-state index contributed by atoms with van der Waals surface area (Å²) in [5.41, 5.74) is 3.49. The van der Waals surface area contributed by atoms with Crippen molar-refractivity contribution >= 4 is 38.4 Å². The molecule has 0 atom stereocenters. The van der Waals surface area contributed by atoms with Crippen LogP contribution < -0.4 is 9.64 Å². The molecule has 1 amide bonds. The molecule has 0 N–H and O–H groups in total. The molecular formula is C18H13BrN2O2. The molecule has 1 aromatic heterocycles. The Bertz CT molecular complexity index is 922. The normalized spacial score (nSPS) is 13.0. The van der Waals surface area contributed by atoms with E-state index in [0.717, 1.165) is 32.4 Å². The number of nitrogens with zero attached hydrogens (tertiary/aromatic N) is 2. The highest BCUT2D eigenvalue weighted by Crippen LogP contribution is 2.39. The molecular weight excluding hydrogens is 356 g/mol. The fourth-order valence-electron chi connectivity index (χ4n) is 2.95. The quantitative estimate of drug-likeness (QED) is 0.696. The number of carbonyl (C=O) groups excluding carboxylic acids is 1. The molecule has 0 bridgehead atoms. The van der Waals surface area contributed by atoms with Crippen LogP contribution in [0.2, 0.25) is 0 Å². The number of hydrogen-bond donors (Lipinski definition) is 0. The van der Waals surface area contributed by atoms with Gasteiger partial charge in [-0.05, 0) is 51.8 Å². The molecule has 0 aliphatic carbocycles. The standard InChI is InChI=1S/C18H13BrN2O2/c1-23-12-4-2-11(3-5-12)10-21-15-8-9-20-17-14(19)7-6-13(16(15)17)18(21)22/h2-9H,10H2,1H3. The van der Waals surface area contributed by atoms with E-state index in [4.69, 9.17) is 4.74 Å². The average molecular weight is 369 g/mol. The van der Waals surface area contributed by atoms with Crippen molar-refractivity contribution in [3.63, 3.8) is 0 Å².